The minimum Gasteiger partial charge on any atom is -0.760 e. The molecule has 0 bridgehead atoms. The smallest absolute Gasteiger partial charge is 0.242 e. The molecule has 0 aliphatic heterocycles. The molecule has 2 aromatic rings. The third-order valence-corrected chi connectivity index (χ3v) is 5.87. The number of benzene rings is 1. The summed E-state index contributed by atoms with van der Waals surface area (Å²) in [6.07, 6.45) is 0.388. The molecule has 0 fully saturated rings. The molecular weight excluding hydrogens is 497 g/mol. The van der Waals surface area contributed by atoms with Crippen LogP contribution in [0.3, 0.4) is 0 Å². The van der Waals surface area contributed by atoms with Crippen LogP contribution in [0.15, 0.2) is 22.6 Å². The van der Waals surface area contributed by atoms with Crippen LogP contribution in [0.2, 0.25) is 29.7 Å². The van der Waals surface area contributed by atoms with Gasteiger partial charge >= 0.3 is 0 Å². The molecule has 0 aliphatic carbocycles. The van der Waals surface area contributed by atoms with Gasteiger partial charge < -0.3 is 18.5 Å². The van der Waals surface area contributed by atoms with E-state index in [9.17, 15) is 13.9 Å². The van der Waals surface area contributed by atoms with Crippen molar-refractivity contribution < 1.29 is 22.7 Å². The van der Waals surface area contributed by atoms with Crippen molar-refractivity contribution in [2.75, 3.05) is 6.54 Å². The van der Waals surface area contributed by atoms with Gasteiger partial charge in [-0.05, 0) is 44.3 Å². The lowest BCUT2D eigenvalue weighted by molar-refractivity contribution is 0.438. The van der Waals surface area contributed by atoms with Crippen molar-refractivity contribution in [2.45, 2.75) is 30.9 Å². The highest BCUT2D eigenvalue weighted by molar-refractivity contribution is 9.09. The van der Waals surface area contributed by atoms with Crippen LogP contribution in [0.1, 0.15) is 17.0 Å². The van der Waals surface area contributed by atoms with Gasteiger partial charge in [0.05, 0.1) is 4.83 Å². The highest BCUT2D eigenvalue weighted by atomic mass is 79.9. The maximum absolute atomic E-state index is 10.8. The molecule has 0 saturated carbocycles. The van der Waals surface area contributed by atoms with Gasteiger partial charge in [-0.15, -0.1) is 0 Å². The van der Waals surface area contributed by atoms with Crippen LogP contribution < -0.4 is 9.15 Å². The van der Waals surface area contributed by atoms with Crippen LogP contribution in [0.25, 0.3) is 11.3 Å². The largest absolute Gasteiger partial charge is 0.760 e. The average molecular weight is 516 g/mol. The van der Waals surface area contributed by atoms with Gasteiger partial charge in [-0.1, -0.05) is 39.1 Å². The van der Waals surface area contributed by atoms with E-state index in [4.69, 9.17) is 32.0 Å². The van der Waals surface area contributed by atoms with Crippen molar-refractivity contribution in [3.8, 4) is 22.8 Å². The zero-order valence-corrected chi connectivity index (χ0v) is 19.8. The number of furan rings is 1. The molecule has 0 aliphatic rings. The van der Waals surface area contributed by atoms with Crippen LogP contribution in [0.5, 0.6) is 11.5 Å². The Morgan fingerprint density at radius 3 is 2.44 bits per heavy atom. The first kappa shape index (κ1) is 22.7. The van der Waals surface area contributed by atoms with E-state index in [-0.39, 0.29) is 28.6 Å². The molecule has 1 heterocycles. The average Bonchev–Trinajstić information content (AvgIpc) is 2.81. The van der Waals surface area contributed by atoms with E-state index in [1.165, 1.54) is 0 Å². The molecule has 2 rings (SSSR count). The Morgan fingerprint density at radius 2 is 1.93 bits per heavy atom. The van der Waals surface area contributed by atoms with Gasteiger partial charge in [-0.2, -0.15) is 0 Å². The summed E-state index contributed by atoms with van der Waals surface area (Å²) in [5.41, 5.74) is 0.509. The predicted octanol–water partition coefficient (Wildman–Crippen LogP) is 5.38. The molecule has 6 nitrogen and oxygen atoms in total. The van der Waals surface area contributed by atoms with Crippen molar-refractivity contribution >= 4 is 58.7 Å². The number of alkyl halides is 1. The van der Waals surface area contributed by atoms with E-state index in [0.717, 1.165) is 0 Å². The van der Waals surface area contributed by atoms with Crippen LogP contribution in [0, 0.1) is 0 Å². The van der Waals surface area contributed by atoms with Crippen molar-refractivity contribution in [1.29, 1.82) is 0 Å². The van der Waals surface area contributed by atoms with Crippen LogP contribution >= 0.6 is 39.1 Å². The Morgan fingerprint density at radius 1 is 1.33 bits per heavy atom. The molecule has 2 N–H and O–H groups in total. The maximum atomic E-state index is 10.8. The number of nitrogens with one attached hydrogen (secondary N) is 1. The van der Waals surface area contributed by atoms with Gasteiger partial charge in [0.15, 0.2) is 17.3 Å². The third kappa shape index (κ3) is 6.48. The van der Waals surface area contributed by atoms with Gasteiger partial charge in [0.25, 0.3) is 0 Å². The topological polar surface area (TPSA) is 94.8 Å². The first-order valence-electron chi connectivity index (χ1n) is 7.96. The van der Waals surface area contributed by atoms with Crippen molar-refractivity contribution in [1.82, 2.24) is 4.72 Å². The van der Waals surface area contributed by atoms with E-state index < -0.39 is 19.6 Å². The van der Waals surface area contributed by atoms with Gasteiger partial charge in [0.1, 0.15) is 0 Å². The first-order chi connectivity index (χ1) is 12.5. The molecule has 27 heavy (non-hydrogen) atoms. The fraction of sp³-hybridized carbons (Fsp3) is 0.375. The van der Waals surface area contributed by atoms with E-state index >= 15 is 0 Å². The van der Waals surface area contributed by atoms with Crippen molar-refractivity contribution in [3.63, 3.8) is 0 Å². The minimum absolute atomic E-state index is 0.143. The number of halogens is 3. The highest BCUT2D eigenvalue weighted by Gasteiger charge is 2.30. The Bertz CT molecular complexity index is 823. The lowest BCUT2D eigenvalue weighted by Crippen LogP contribution is -2.29. The summed E-state index contributed by atoms with van der Waals surface area (Å²) in [6, 6.07) is 4.83. The van der Waals surface area contributed by atoms with Crippen molar-refractivity contribution in [2.24, 2.45) is 0 Å². The summed E-state index contributed by atoms with van der Waals surface area (Å²) < 4.78 is 35.5. The minimum atomic E-state index is -2.35. The summed E-state index contributed by atoms with van der Waals surface area (Å²) in [5, 5.41) is 11.6. The van der Waals surface area contributed by atoms with E-state index in [1.54, 1.807) is 18.2 Å². The summed E-state index contributed by atoms with van der Waals surface area (Å²) in [6.45, 7) is 6.12. The predicted molar refractivity (Wildman–Crippen MR) is 113 cm³/mol. The molecule has 150 valence electrons. The van der Waals surface area contributed by atoms with Crippen LogP contribution in [-0.4, -0.2) is 28.7 Å². The molecule has 0 spiro atoms. The van der Waals surface area contributed by atoms with Crippen LogP contribution in [-0.2, 0) is 11.3 Å². The second-order valence-corrected chi connectivity index (χ2v) is 13.9. The summed E-state index contributed by atoms with van der Waals surface area (Å²) in [4.78, 5) is -0.380. The summed E-state index contributed by atoms with van der Waals surface area (Å²) >= 11 is 13.2. The van der Waals surface area contributed by atoms with Gasteiger partial charge in [0.2, 0.25) is 14.1 Å². The standard InChI is InChI=1S/C16H20BrCl2NO5SSi/c1-27(2,3)25-16-13(21)14(9-6-10(18)8-11(19)7-9)24-15(16)12(17)4-5-20-26(22)23/h6-8,12,20-21H,4-5H2,1-3H3,(H,22,23)/p-1. The van der Waals surface area contributed by atoms with E-state index in [0.29, 0.717) is 27.8 Å². The fourth-order valence-corrected chi connectivity index (χ4v) is 4.47. The summed E-state index contributed by atoms with van der Waals surface area (Å²) in [7, 11) is -2.07. The molecule has 11 heteroatoms. The number of aromatic hydroxyl groups is 1. The van der Waals surface area contributed by atoms with Gasteiger partial charge in [0, 0.05) is 33.4 Å². The summed E-state index contributed by atoms with van der Waals surface area (Å²) in [5.74, 6) is 0.660. The Labute approximate surface area is 179 Å². The Hall–Kier alpha value is -0.553. The molecular formula is C16H19BrCl2NO5SSi-. The third-order valence-electron chi connectivity index (χ3n) is 3.30. The molecule has 0 radical (unpaired) electrons. The number of hydrogen-bond donors (Lipinski definition) is 2. The van der Waals surface area contributed by atoms with E-state index in [1.807, 2.05) is 19.6 Å². The van der Waals surface area contributed by atoms with E-state index in [2.05, 4.69) is 20.7 Å². The molecule has 0 amide bonds. The second kappa shape index (κ2) is 9.30. The lowest BCUT2D eigenvalue weighted by Gasteiger charge is -2.20. The quantitative estimate of drug-likeness (QED) is 0.279. The lowest BCUT2D eigenvalue weighted by atomic mass is 10.1. The van der Waals surface area contributed by atoms with Gasteiger partial charge in [-0.3, -0.25) is 4.21 Å². The second-order valence-electron chi connectivity index (χ2n) is 6.73. The van der Waals surface area contributed by atoms with Crippen LogP contribution in [0.4, 0.5) is 0 Å². The SMILES string of the molecule is C[Si](C)(C)Oc1c(C(Br)CCNS(=O)[O-])oc(-c2cc(Cl)cc(Cl)c2)c1O. The normalized spacial score (nSPS) is 14.2. The van der Waals surface area contributed by atoms with Crippen molar-refractivity contribution in [3.05, 3.63) is 34.0 Å². The number of hydrogen-bond acceptors (Lipinski definition) is 5. The zero-order valence-electron chi connectivity index (χ0n) is 14.8. The first-order valence-corrected chi connectivity index (χ1v) is 14.1. The molecule has 2 unspecified atom stereocenters. The Kier molecular flexibility index (Phi) is 7.83. The molecule has 1 aromatic heterocycles. The maximum Gasteiger partial charge on any atom is 0.242 e. The van der Waals surface area contributed by atoms with Gasteiger partial charge in [-0.25, -0.2) is 4.72 Å². The highest BCUT2D eigenvalue weighted by Crippen LogP contribution is 2.49. The Balaban J connectivity index is 2.46. The number of rotatable bonds is 8. The molecule has 1 aromatic carbocycles. The monoisotopic (exact) mass is 514 g/mol. The fourth-order valence-electron chi connectivity index (χ4n) is 2.32. The molecule has 2 atom stereocenters. The zero-order chi connectivity index (χ0) is 20.4. The molecule has 0 saturated heterocycles.